The molecule has 2 heterocycles. The molecule has 0 fully saturated rings. The highest BCUT2D eigenvalue weighted by Gasteiger charge is 2.08. The van der Waals surface area contributed by atoms with Gasteiger partial charge in [0, 0.05) is 12.4 Å². The third-order valence-corrected chi connectivity index (χ3v) is 2.17. The van der Waals surface area contributed by atoms with Crippen LogP contribution >= 0.6 is 11.6 Å². The van der Waals surface area contributed by atoms with Gasteiger partial charge in [0.15, 0.2) is 0 Å². The Bertz CT molecular complexity index is 466. The van der Waals surface area contributed by atoms with E-state index in [4.69, 9.17) is 16.3 Å². The lowest BCUT2D eigenvalue weighted by atomic mass is 10.4. The Morgan fingerprint density at radius 3 is 2.86 bits per heavy atom. The number of halogens is 1. The summed E-state index contributed by atoms with van der Waals surface area (Å²) in [7, 11) is 1.55. The van der Waals surface area contributed by atoms with Gasteiger partial charge in [-0.05, 0) is 6.42 Å². The molecule has 4 nitrogen and oxygen atoms in total. The van der Waals surface area contributed by atoms with E-state index in [1.807, 2.05) is 17.5 Å². The van der Waals surface area contributed by atoms with Gasteiger partial charge in [-0.1, -0.05) is 18.5 Å². The van der Waals surface area contributed by atoms with Crippen molar-refractivity contribution < 1.29 is 4.74 Å². The number of hydrogen-bond donors (Lipinski definition) is 0. The van der Waals surface area contributed by atoms with E-state index in [-0.39, 0.29) is 0 Å². The maximum absolute atomic E-state index is 5.82. The van der Waals surface area contributed by atoms with Gasteiger partial charge in [-0.25, -0.2) is 4.98 Å². The van der Waals surface area contributed by atoms with Crippen LogP contribution in [0.2, 0.25) is 5.15 Å². The van der Waals surface area contributed by atoms with Crippen LogP contribution in [0.5, 0.6) is 5.88 Å². The van der Waals surface area contributed by atoms with Crippen LogP contribution in [0, 0.1) is 0 Å². The molecular formula is C9H10ClN3O. The highest BCUT2D eigenvalue weighted by atomic mass is 35.5. The van der Waals surface area contributed by atoms with Gasteiger partial charge >= 0.3 is 0 Å². The van der Waals surface area contributed by atoms with Crippen LogP contribution in [-0.4, -0.2) is 21.5 Å². The zero-order valence-corrected chi connectivity index (χ0v) is 8.75. The second kappa shape index (κ2) is 3.46. The van der Waals surface area contributed by atoms with Crippen LogP contribution in [0.15, 0.2) is 12.4 Å². The number of rotatable bonds is 2. The fourth-order valence-corrected chi connectivity index (χ4v) is 1.48. The first kappa shape index (κ1) is 9.27. The maximum Gasteiger partial charge on any atom is 0.259 e. The van der Waals surface area contributed by atoms with Gasteiger partial charge in [0.05, 0.1) is 12.8 Å². The second-order valence-electron chi connectivity index (χ2n) is 2.89. The van der Waals surface area contributed by atoms with Crippen molar-refractivity contribution in [3.8, 4) is 5.88 Å². The molecule has 0 N–H and O–H groups in total. The number of fused-ring (bicyclic) bond motifs is 1. The minimum absolute atomic E-state index is 0.398. The maximum atomic E-state index is 5.82. The smallest absolute Gasteiger partial charge is 0.259 e. The molecule has 0 aliphatic rings. The number of ether oxygens (including phenoxy) is 1. The SMILES string of the molecule is CCc1cn2cc(Cl)nc(OC)c2n1. The molecule has 0 aliphatic carbocycles. The number of aromatic nitrogens is 3. The van der Waals surface area contributed by atoms with Gasteiger partial charge in [0.1, 0.15) is 5.15 Å². The third-order valence-electron chi connectivity index (χ3n) is 1.98. The minimum atomic E-state index is 0.398. The molecule has 74 valence electrons. The van der Waals surface area contributed by atoms with Crippen LogP contribution in [-0.2, 0) is 6.42 Å². The third kappa shape index (κ3) is 1.42. The molecule has 14 heavy (non-hydrogen) atoms. The Hall–Kier alpha value is -1.29. The number of nitrogens with zero attached hydrogens (tertiary/aromatic N) is 3. The molecule has 2 rings (SSSR count). The Morgan fingerprint density at radius 1 is 1.43 bits per heavy atom. The number of hydrogen-bond acceptors (Lipinski definition) is 3. The van der Waals surface area contributed by atoms with Crippen LogP contribution in [0.25, 0.3) is 5.65 Å². The van der Waals surface area contributed by atoms with Crippen molar-refractivity contribution in [1.82, 2.24) is 14.4 Å². The van der Waals surface area contributed by atoms with E-state index in [1.54, 1.807) is 13.3 Å². The Balaban J connectivity index is 2.71. The summed E-state index contributed by atoms with van der Waals surface area (Å²) in [6.07, 6.45) is 4.51. The van der Waals surface area contributed by atoms with Crippen LogP contribution in [0.1, 0.15) is 12.6 Å². The predicted molar refractivity (Wildman–Crippen MR) is 53.9 cm³/mol. The van der Waals surface area contributed by atoms with Gasteiger partial charge in [-0.3, -0.25) is 4.40 Å². The molecule has 0 radical (unpaired) electrons. The van der Waals surface area contributed by atoms with Crippen molar-refractivity contribution in [3.63, 3.8) is 0 Å². The molecule has 5 heteroatoms. The Kier molecular flexibility index (Phi) is 2.29. The summed E-state index contributed by atoms with van der Waals surface area (Å²) < 4.78 is 6.91. The monoisotopic (exact) mass is 211 g/mol. The number of methoxy groups -OCH3 is 1. The Labute approximate surface area is 86.5 Å². The molecule has 0 amide bonds. The lowest BCUT2D eigenvalue weighted by Crippen LogP contribution is -1.93. The van der Waals surface area contributed by atoms with Gasteiger partial charge in [0.25, 0.3) is 5.88 Å². The van der Waals surface area contributed by atoms with E-state index in [0.29, 0.717) is 16.7 Å². The quantitative estimate of drug-likeness (QED) is 0.762. The summed E-state index contributed by atoms with van der Waals surface area (Å²) in [5.41, 5.74) is 1.70. The molecule has 2 aromatic heterocycles. The first-order valence-corrected chi connectivity index (χ1v) is 4.70. The largest absolute Gasteiger partial charge is 0.478 e. The molecular weight excluding hydrogens is 202 g/mol. The fourth-order valence-electron chi connectivity index (χ4n) is 1.30. The zero-order valence-electron chi connectivity index (χ0n) is 7.99. The molecule has 0 atom stereocenters. The molecule has 2 aromatic rings. The normalized spacial score (nSPS) is 10.8. The summed E-state index contributed by atoms with van der Waals surface area (Å²) in [6.45, 7) is 2.04. The van der Waals surface area contributed by atoms with Gasteiger partial charge in [0.2, 0.25) is 5.65 Å². The average Bonchev–Trinajstić information content (AvgIpc) is 2.59. The predicted octanol–water partition coefficient (Wildman–Crippen LogP) is 1.95. The second-order valence-corrected chi connectivity index (χ2v) is 3.28. The van der Waals surface area contributed by atoms with Crippen LogP contribution < -0.4 is 4.74 Å². The molecule has 0 aliphatic heterocycles. The van der Waals surface area contributed by atoms with Crippen molar-refractivity contribution in [2.75, 3.05) is 7.11 Å². The minimum Gasteiger partial charge on any atom is -0.478 e. The van der Waals surface area contributed by atoms with Gasteiger partial charge in [-0.15, -0.1) is 0 Å². The number of aryl methyl sites for hydroxylation is 1. The van der Waals surface area contributed by atoms with E-state index >= 15 is 0 Å². The summed E-state index contributed by atoms with van der Waals surface area (Å²) >= 11 is 5.82. The number of imidazole rings is 1. The lowest BCUT2D eigenvalue weighted by molar-refractivity contribution is 0.400. The summed E-state index contributed by atoms with van der Waals surface area (Å²) in [6, 6.07) is 0. The van der Waals surface area contributed by atoms with E-state index in [9.17, 15) is 0 Å². The van der Waals surface area contributed by atoms with E-state index in [2.05, 4.69) is 9.97 Å². The van der Waals surface area contributed by atoms with Crippen molar-refractivity contribution >= 4 is 17.2 Å². The van der Waals surface area contributed by atoms with Gasteiger partial charge < -0.3 is 4.74 Å². The molecule has 0 aromatic carbocycles. The summed E-state index contributed by atoms with van der Waals surface area (Å²) in [5, 5.41) is 0.398. The fraction of sp³-hybridized carbons (Fsp3) is 0.333. The first-order valence-electron chi connectivity index (χ1n) is 4.32. The molecule has 0 unspecified atom stereocenters. The topological polar surface area (TPSA) is 39.4 Å². The van der Waals surface area contributed by atoms with Crippen LogP contribution in [0.4, 0.5) is 0 Å². The van der Waals surface area contributed by atoms with E-state index < -0.39 is 0 Å². The zero-order chi connectivity index (χ0) is 10.1. The van der Waals surface area contributed by atoms with Crippen molar-refractivity contribution in [3.05, 3.63) is 23.2 Å². The van der Waals surface area contributed by atoms with Crippen molar-refractivity contribution in [1.29, 1.82) is 0 Å². The van der Waals surface area contributed by atoms with E-state index in [0.717, 1.165) is 12.1 Å². The van der Waals surface area contributed by atoms with E-state index in [1.165, 1.54) is 0 Å². The molecule has 0 bridgehead atoms. The Morgan fingerprint density at radius 2 is 2.21 bits per heavy atom. The standard InChI is InChI=1S/C9H10ClN3O/c1-3-6-4-13-5-7(10)12-9(14-2)8(13)11-6/h4-5H,3H2,1-2H3. The lowest BCUT2D eigenvalue weighted by Gasteiger charge is -2.00. The van der Waals surface area contributed by atoms with Crippen molar-refractivity contribution in [2.24, 2.45) is 0 Å². The van der Waals surface area contributed by atoms with Crippen molar-refractivity contribution in [2.45, 2.75) is 13.3 Å². The molecule has 0 saturated carbocycles. The van der Waals surface area contributed by atoms with Gasteiger partial charge in [-0.2, -0.15) is 4.98 Å². The first-order chi connectivity index (χ1) is 6.74. The highest BCUT2D eigenvalue weighted by Crippen LogP contribution is 2.19. The molecule has 0 saturated heterocycles. The average molecular weight is 212 g/mol. The van der Waals surface area contributed by atoms with Crippen LogP contribution in [0.3, 0.4) is 0 Å². The molecule has 0 spiro atoms. The summed E-state index contributed by atoms with van der Waals surface area (Å²) in [5.74, 6) is 0.456. The summed E-state index contributed by atoms with van der Waals surface area (Å²) in [4.78, 5) is 8.39. The highest BCUT2D eigenvalue weighted by molar-refractivity contribution is 6.29.